The molecule has 0 radical (unpaired) electrons. The lowest BCUT2D eigenvalue weighted by Gasteiger charge is -2.34. The third-order valence-electron chi connectivity index (χ3n) is 3.36. The second kappa shape index (κ2) is 4.09. The average Bonchev–Trinajstić information content (AvgIpc) is 2.62. The van der Waals surface area contributed by atoms with Crippen LogP contribution in [0, 0.1) is 0 Å². The highest BCUT2D eigenvalue weighted by Crippen LogP contribution is 2.25. The van der Waals surface area contributed by atoms with Crippen molar-refractivity contribution in [1.29, 1.82) is 0 Å². The minimum Gasteiger partial charge on any atom is -0.298 e. The largest absolute Gasteiger partial charge is 0.298 e. The summed E-state index contributed by atoms with van der Waals surface area (Å²) in [5, 5.41) is 0.398. The minimum atomic E-state index is -0.547. The van der Waals surface area contributed by atoms with E-state index in [1.165, 1.54) is 25.7 Å². The lowest BCUT2D eigenvalue weighted by atomic mass is 10.2. The molecule has 13 heavy (non-hydrogen) atoms. The molecule has 2 aliphatic rings. The maximum atomic E-state index is 11.4. The standard InChI is InChI=1S/C10H19NOS/c1-9-8-11(6-7-13(9)12)10-4-2-3-5-10/h9-10H,2-8H2,1H3. The van der Waals surface area contributed by atoms with Crippen molar-refractivity contribution in [2.75, 3.05) is 18.8 Å². The van der Waals surface area contributed by atoms with Gasteiger partial charge in [0.15, 0.2) is 0 Å². The summed E-state index contributed by atoms with van der Waals surface area (Å²) in [7, 11) is -0.547. The Morgan fingerprint density at radius 2 is 2.00 bits per heavy atom. The number of nitrogens with zero attached hydrogens (tertiary/aromatic N) is 1. The quantitative estimate of drug-likeness (QED) is 0.639. The first kappa shape index (κ1) is 9.66. The number of rotatable bonds is 1. The van der Waals surface area contributed by atoms with Gasteiger partial charge in [-0.25, -0.2) is 0 Å². The fourth-order valence-corrected chi connectivity index (χ4v) is 3.69. The molecule has 3 heteroatoms. The highest BCUT2D eigenvalue weighted by atomic mass is 32.2. The topological polar surface area (TPSA) is 20.3 Å². The van der Waals surface area contributed by atoms with Crippen LogP contribution < -0.4 is 0 Å². The molecule has 0 bridgehead atoms. The van der Waals surface area contributed by atoms with E-state index < -0.39 is 10.8 Å². The molecule has 2 rings (SSSR count). The molecule has 1 heterocycles. The molecule has 1 aliphatic carbocycles. The van der Waals surface area contributed by atoms with Gasteiger partial charge in [-0.05, 0) is 19.8 Å². The molecule has 2 fully saturated rings. The summed E-state index contributed by atoms with van der Waals surface area (Å²) < 4.78 is 11.4. The fourth-order valence-electron chi connectivity index (χ4n) is 2.51. The van der Waals surface area contributed by atoms with Crippen LogP contribution in [0.5, 0.6) is 0 Å². The average molecular weight is 201 g/mol. The van der Waals surface area contributed by atoms with Crippen LogP contribution in [-0.2, 0) is 10.8 Å². The molecule has 76 valence electrons. The molecule has 1 saturated heterocycles. The van der Waals surface area contributed by atoms with Gasteiger partial charge in [-0.3, -0.25) is 9.11 Å². The molecular weight excluding hydrogens is 182 g/mol. The Bertz CT molecular complexity index is 201. The minimum absolute atomic E-state index is 0.398. The van der Waals surface area contributed by atoms with Gasteiger partial charge >= 0.3 is 0 Å². The Hall–Kier alpha value is 0.110. The first-order valence-electron chi connectivity index (χ1n) is 5.38. The van der Waals surface area contributed by atoms with E-state index in [1.54, 1.807) is 0 Å². The zero-order valence-electron chi connectivity index (χ0n) is 8.37. The summed E-state index contributed by atoms with van der Waals surface area (Å²) >= 11 is 0. The van der Waals surface area contributed by atoms with Crippen molar-refractivity contribution < 1.29 is 4.21 Å². The molecule has 0 amide bonds. The normalized spacial score (nSPS) is 38.2. The summed E-state index contributed by atoms with van der Waals surface area (Å²) in [6, 6.07) is 0.819. The van der Waals surface area contributed by atoms with Gasteiger partial charge in [-0.15, -0.1) is 0 Å². The predicted octanol–water partition coefficient (Wildman–Crippen LogP) is 1.38. The molecule has 2 atom stereocenters. The van der Waals surface area contributed by atoms with Crippen LogP contribution in [-0.4, -0.2) is 39.2 Å². The maximum absolute atomic E-state index is 11.4. The Balaban J connectivity index is 1.90. The van der Waals surface area contributed by atoms with Crippen LogP contribution in [0.15, 0.2) is 0 Å². The molecule has 0 aromatic heterocycles. The highest BCUT2D eigenvalue weighted by molar-refractivity contribution is 7.85. The van der Waals surface area contributed by atoms with Crippen molar-refractivity contribution in [1.82, 2.24) is 4.90 Å². The van der Waals surface area contributed by atoms with Crippen molar-refractivity contribution in [2.45, 2.75) is 43.9 Å². The molecule has 0 aromatic carbocycles. The maximum Gasteiger partial charge on any atom is 0.0447 e. The third kappa shape index (κ3) is 2.13. The summed E-state index contributed by atoms with van der Waals surface area (Å²) in [4.78, 5) is 2.57. The number of hydrogen-bond acceptors (Lipinski definition) is 2. The van der Waals surface area contributed by atoms with Crippen molar-refractivity contribution in [3.8, 4) is 0 Å². The van der Waals surface area contributed by atoms with E-state index in [2.05, 4.69) is 11.8 Å². The Morgan fingerprint density at radius 3 is 2.62 bits per heavy atom. The van der Waals surface area contributed by atoms with E-state index in [-0.39, 0.29) is 0 Å². The zero-order valence-corrected chi connectivity index (χ0v) is 9.18. The predicted molar refractivity (Wildman–Crippen MR) is 56.3 cm³/mol. The van der Waals surface area contributed by atoms with Crippen molar-refractivity contribution in [2.24, 2.45) is 0 Å². The molecule has 2 nitrogen and oxygen atoms in total. The number of hydrogen-bond donors (Lipinski definition) is 0. The van der Waals surface area contributed by atoms with E-state index in [0.717, 1.165) is 24.9 Å². The first-order valence-corrected chi connectivity index (χ1v) is 6.77. The van der Waals surface area contributed by atoms with Crippen molar-refractivity contribution in [3.05, 3.63) is 0 Å². The molecule has 1 saturated carbocycles. The molecule has 0 aromatic rings. The summed E-state index contributed by atoms with van der Waals surface area (Å²) in [5.41, 5.74) is 0. The smallest absolute Gasteiger partial charge is 0.0447 e. The second-order valence-electron chi connectivity index (χ2n) is 4.33. The Labute approximate surface area is 83.1 Å². The van der Waals surface area contributed by atoms with Gasteiger partial charge in [0.2, 0.25) is 0 Å². The first-order chi connectivity index (χ1) is 6.27. The van der Waals surface area contributed by atoms with E-state index in [9.17, 15) is 4.21 Å². The van der Waals surface area contributed by atoms with E-state index >= 15 is 0 Å². The van der Waals surface area contributed by atoms with Crippen LogP contribution in [0.1, 0.15) is 32.6 Å². The summed E-state index contributed by atoms with van der Waals surface area (Å²) in [6.07, 6.45) is 5.55. The molecule has 1 aliphatic heterocycles. The van der Waals surface area contributed by atoms with Crippen LogP contribution in [0.25, 0.3) is 0 Å². The van der Waals surface area contributed by atoms with E-state index in [0.29, 0.717) is 5.25 Å². The highest BCUT2D eigenvalue weighted by Gasteiger charge is 2.28. The Morgan fingerprint density at radius 1 is 1.31 bits per heavy atom. The molecule has 0 N–H and O–H groups in total. The van der Waals surface area contributed by atoms with E-state index in [4.69, 9.17) is 0 Å². The van der Waals surface area contributed by atoms with Gasteiger partial charge in [-0.2, -0.15) is 0 Å². The monoisotopic (exact) mass is 201 g/mol. The van der Waals surface area contributed by atoms with Crippen molar-refractivity contribution >= 4 is 10.8 Å². The zero-order chi connectivity index (χ0) is 9.26. The summed E-state index contributed by atoms with van der Waals surface area (Å²) in [5.74, 6) is 0.900. The van der Waals surface area contributed by atoms with Gasteiger partial charge < -0.3 is 0 Å². The lowest BCUT2D eigenvalue weighted by Crippen LogP contribution is -2.46. The SMILES string of the molecule is CC1CN(C2CCCC2)CCS1=O. The van der Waals surface area contributed by atoms with Gasteiger partial charge in [-0.1, -0.05) is 12.8 Å². The fraction of sp³-hybridized carbons (Fsp3) is 1.00. The molecule has 0 spiro atoms. The Kier molecular flexibility index (Phi) is 3.04. The van der Waals surface area contributed by atoms with E-state index in [1.807, 2.05) is 0 Å². The van der Waals surface area contributed by atoms with Crippen LogP contribution in [0.3, 0.4) is 0 Å². The molecule has 2 unspecified atom stereocenters. The second-order valence-corrected chi connectivity index (χ2v) is 6.30. The summed E-state index contributed by atoms with van der Waals surface area (Å²) in [6.45, 7) is 4.26. The van der Waals surface area contributed by atoms with Crippen LogP contribution in [0.4, 0.5) is 0 Å². The lowest BCUT2D eigenvalue weighted by molar-refractivity contribution is 0.205. The van der Waals surface area contributed by atoms with Gasteiger partial charge in [0.05, 0.1) is 0 Å². The van der Waals surface area contributed by atoms with Crippen LogP contribution in [0.2, 0.25) is 0 Å². The molecular formula is C10H19NOS. The van der Waals surface area contributed by atoms with Gasteiger partial charge in [0.1, 0.15) is 0 Å². The van der Waals surface area contributed by atoms with Crippen molar-refractivity contribution in [3.63, 3.8) is 0 Å². The van der Waals surface area contributed by atoms with Crippen LogP contribution >= 0.6 is 0 Å². The third-order valence-corrected chi connectivity index (χ3v) is 4.99. The van der Waals surface area contributed by atoms with Gasteiger partial charge in [0, 0.05) is 40.9 Å². The van der Waals surface area contributed by atoms with Gasteiger partial charge in [0.25, 0.3) is 0 Å².